The van der Waals surface area contributed by atoms with Gasteiger partial charge >= 0.3 is 18.5 Å². The molecule has 13 heteroatoms. The van der Waals surface area contributed by atoms with E-state index in [-0.39, 0.29) is 36.6 Å². The first-order valence-corrected chi connectivity index (χ1v) is 13.0. The van der Waals surface area contributed by atoms with E-state index in [0.29, 0.717) is 40.0 Å². The molecule has 1 atom stereocenters. The van der Waals surface area contributed by atoms with Gasteiger partial charge in [0.15, 0.2) is 0 Å². The average Bonchev–Trinajstić information content (AvgIpc) is 2.93. The second kappa shape index (κ2) is 12.7. The third-order valence-electron chi connectivity index (χ3n) is 6.49. The number of nitrogens with one attached hydrogen (secondary N) is 1. The van der Waals surface area contributed by atoms with Crippen molar-refractivity contribution >= 4 is 22.9 Å². The number of hydrogen-bond donors (Lipinski definition) is 2. The molecule has 226 valence electrons. The normalized spacial score (nSPS) is 12.6. The van der Waals surface area contributed by atoms with Crippen molar-refractivity contribution in [1.82, 2.24) is 15.3 Å². The fourth-order valence-corrected chi connectivity index (χ4v) is 4.33. The fraction of sp³-hybridized carbons (Fsp3) is 0.267. The molecule has 1 heterocycles. The molecule has 0 aliphatic heterocycles. The molecule has 4 aromatic rings. The molecule has 0 bridgehead atoms. The van der Waals surface area contributed by atoms with Crippen molar-refractivity contribution in [3.8, 4) is 17.0 Å². The number of benzene rings is 3. The van der Waals surface area contributed by atoms with Crippen LogP contribution in [0.15, 0.2) is 66.7 Å². The van der Waals surface area contributed by atoms with Crippen molar-refractivity contribution in [2.24, 2.45) is 5.92 Å². The molecule has 0 saturated carbocycles. The number of nitrogens with zero attached hydrogens (tertiary/aromatic N) is 2. The largest absolute Gasteiger partial charge is 0.573 e. The van der Waals surface area contributed by atoms with Gasteiger partial charge in [0.25, 0.3) is 5.91 Å². The number of fused-ring (bicyclic) bond motifs is 1. The number of ether oxygens (including phenoxy) is 1. The molecule has 3 aromatic carbocycles. The molecule has 7 nitrogen and oxygen atoms in total. The first-order valence-electron chi connectivity index (χ1n) is 13.0. The van der Waals surface area contributed by atoms with Crippen LogP contribution in [-0.2, 0) is 23.9 Å². The van der Waals surface area contributed by atoms with Gasteiger partial charge in [-0.3, -0.25) is 9.59 Å². The monoisotopic (exact) mass is 605 g/mol. The van der Waals surface area contributed by atoms with Crippen LogP contribution in [0, 0.1) is 5.92 Å². The molecule has 0 aliphatic carbocycles. The van der Waals surface area contributed by atoms with E-state index in [1.807, 2.05) is 0 Å². The second-order valence-electron chi connectivity index (χ2n) is 9.91. The maximum atomic E-state index is 13.1. The fourth-order valence-electron chi connectivity index (χ4n) is 4.33. The zero-order chi connectivity index (χ0) is 31.4. The van der Waals surface area contributed by atoms with Gasteiger partial charge in [0.2, 0.25) is 0 Å². The summed E-state index contributed by atoms with van der Waals surface area (Å²) < 4.78 is 80.2. The molecule has 2 N–H and O–H groups in total. The highest BCUT2D eigenvalue weighted by atomic mass is 19.4. The minimum atomic E-state index is -4.82. The Morgan fingerprint density at radius 3 is 2.19 bits per heavy atom. The van der Waals surface area contributed by atoms with Crippen LogP contribution >= 0.6 is 0 Å². The van der Waals surface area contributed by atoms with Gasteiger partial charge in [-0.15, -0.1) is 13.2 Å². The van der Waals surface area contributed by atoms with Crippen LogP contribution in [0.1, 0.15) is 46.9 Å². The Hall–Kier alpha value is -4.68. The summed E-state index contributed by atoms with van der Waals surface area (Å²) in [4.78, 5) is 33.2. The molecule has 1 unspecified atom stereocenters. The molecule has 0 fully saturated rings. The van der Waals surface area contributed by atoms with Crippen LogP contribution in [0.3, 0.4) is 0 Å². The summed E-state index contributed by atoms with van der Waals surface area (Å²) in [7, 11) is 0. The van der Waals surface area contributed by atoms with Gasteiger partial charge in [-0.1, -0.05) is 31.2 Å². The lowest BCUT2D eigenvalue weighted by atomic mass is 9.97. The number of hydrogen-bond acceptors (Lipinski definition) is 5. The van der Waals surface area contributed by atoms with Crippen molar-refractivity contribution in [2.75, 3.05) is 0 Å². The minimum absolute atomic E-state index is 0.0222. The van der Waals surface area contributed by atoms with E-state index in [1.165, 1.54) is 36.4 Å². The Balaban J connectivity index is 1.57. The van der Waals surface area contributed by atoms with Gasteiger partial charge in [-0.25, -0.2) is 9.97 Å². The molecule has 0 saturated heterocycles. The number of amides is 1. The third-order valence-corrected chi connectivity index (χ3v) is 6.49. The standard InChI is InChI=1S/C30H25F6N3O4/c1-17(14-26(40)41)2-12-24-27(19-5-8-21(9-6-19)29(31,32)33)39-23-13-7-20(15-25(23)38-24)28(42)37-16-18-3-10-22(11-4-18)43-30(34,35)36/h3-11,13,15,17H,2,12,14,16H2,1H3,(H,37,42)(H,40,41). The zero-order valence-electron chi connectivity index (χ0n) is 22.6. The van der Waals surface area contributed by atoms with E-state index in [4.69, 9.17) is 5.11 Å². The second-order valence-corrected chi connectivity index (χ2v) is 9.91. The lowest BCUT2D eigenvalue weighted by molar-refractivity contribution is -0.274. The van der Waals surface area contributed by atoms with E-state index in [1.54, 1.807) is 13.0 Å². The first-order chi connectivity index (χ1) is 20.2. The molecular formula is C30H25F6N3O4. The lowest BCUT2D eigenvalue weighted by Gasteiger charge is -2.14. The van der Waals surface area contributed by atoms with Crippen LogP contribution in [0.25, 0.3) is 22.3 Å². The van der Waals surface area contributed by atoms with Crippen LogP contribution in [0.2, 0.25) is 0 Å². The maximum Gasteiger partial charge on any atom is 0.573 e. The Labute approximate surface area is 241 Å². The van der Waals surface area contributed by atoms with Crippen molar-refractivity contribution in [1.29, 1.82) is 0 Å². The van der Waals surface area contributed by atoms with E-state index in [9.17, 15) is 35.9 Å². The molecule has 0 aliphatic rings. The van der Waals surface area contributed by atoms with Crippen molar-refractivity contribution in [3.63, 3.8) is 0 Å². The maximum absolute atomic E-state index is 13.1. The highest BCUT2D eigenvalue weighted by molar-refractivity contribution is 5.97. The Morgan fingerprint density at radius 1 is 0.907 bits per heavy atom. The van der Waals surface area contributed by atoms with Gasteiger partial charge in [0, 0.05) is 24.1 Å². The molecule has 0 radical (unpaired) electrons. The number of carboxylic acids is 1. The van der Waals surface area contributed by atoms with Gasteiger partial charge in [-0.05, 0) is 66.8 Å². The number of halogens is 6. The summed E-state index contributed by atoms with van der Waals surface area (Å²) in [6, 6.07) is 14.1. The molecule has 1 amide bonds. The number of carboxylic acid groups (broad SMARTS) is 1. The lowest BCUT2D eigenvalue weighted by Crippen LogP contribution is -2.22. The minimum Gasteiger partial charge on any atom is -0.481 e. The Bertz CT molecular complexity index is 1600. The van der Waals surface area contributed by atoms with E-state index in [2.05, 4.69) is 20.0 Å². The summed E-state index contributed by atoms with van der Waals surface area (Å²) in [5.74, 6) is -2.04. The summed E-state index contributed by atoms with van der Waals surface area (Å²) in [5.41, 5.74) is 1.85. The van der Waals surface area contributed by atoms with Crippen LogP contribution in [0.5, 0.6) is 5.75 Å². The van der Waals surface area contributed by atoms with Crippen molar-refractivity contribution in [2.45, 2.75) is 45.3 Å². The predicted octanol–water partition coefficient (Wildman–Crippen LogP) is 7.19. The Morgan fingerprint density at radius 2 is 1.58 bits per heavy atom. The molecule has 4 rings (SSSR count). The van der Waals surface area contributed by atoms with Gasteiger partial charge < -0.3 is 15.2 Å². The van der Waals surface area contributed by atoms with E-state index < -0.39 is 30.0 Å². The SMILES string of the molecule is CC(CCc1nc2cc(C(=O)NCc3ccc(OC(F)(F)F)cc3)ccc2nc1-c1ccc(C(F)(F)F)cc1)CC(=O)O. The number of rotatable bonds is 10. The summed E-state index contributed by atoms with van der Waals surface area (Å²) >= 11 is 0. The van der Waals surface area contributed by atoms with Gasteiger partial charge in [0.1, 0.15) is 5.75 Å². The number of alkyl halides is 6. The summed E-state index contributed by atoms with van der Waals surface area (Å²) in [6.45, 7) is 1.79. The summed E-state index contributed by atoms with van der Waals surface area (Å²) in [6.07, 6.45) is -8.68. The van der Waals surface area contributed by atoms with Crippen LogP contribution in [-0.4, -0.2) is 33.3 Å². The molecular weight excluding hydrogens is 580 g/mol. The van der Waals surface area contributed by atoms with Gasteiger partial charge in [0.05, 0.1) is 28.0 Å². The molecule has 43 heavy (non-hydrogen) atoms. The number of aromatic nitrogens is 2. The number of carbonyl (C=O) groups excluding carboxylic acids is 1. The van der Waals surface area contributed by atoms with Gasteiger partial charge in [-0.2, -0.15) is 13.2 Å². The van der Waals surface area contributed by atoms with Crippen LogP contribution in [0.4, 0.5) is 26.3 Å². The highest BCUT2D eigenvalue weighted by Gasteiger charge is 2.31. The number of carbonyl (C=O) groups is 2. The van der Waals surface area contributed by atoms with E-state index >= 15 is 0 Å². The quantitative estimate of drug-likeness (QED) is 0.186. The van der Waals surface area contributed by atoms with Crippen molar-refractivity contribution in [3.05, 3.63) is 89.1 Å². The Kier molecular flexibility index (Phi) is 9.22. The zero-order valence-corrected chi connectivity index (χ0v) is 22.6. The van der Waals surface area contributed by atoms with Crippen LogP contribution < -0.4 is 10.1 Å². The van der Waals surface area contributed by atoms with Crippen molar-refractivity contribution < 1.29 is 45.8 Å². The molecule has 1 aromatic heterocycles. The molecule has 0 spiro atoms. The number of aryl methyl sites for hydroxylation is 1. The third kappa shape index (κ3) is 8.66. The topological polar surface area (TPSA) is 101 Å². The van der Waals surface area contributed by atoms with E-state index in [0.717, 1.165) is 24.3 Å². The summed E-state index contributed by atoms with van der Waals surface area (Å²) in [5, 5.41) is 11.8. The number of aliphatic carboxylic acids is 1. The average molecular weight is 606 g/mol. The first kappa shape index (κ1) is 31.3. The predicted molar refractivity (Wildman–Crippen MR) is 144 cm³/mol. The highest BCUT2D eigenvalue weighted by Crippen LogP contribution is 2.32. The smallest absolute Gasteiger partial charge is 0.481 e.